The Morgan fingerprint density at radius 1 is 1.14 bits per heavy atom. The van der Waals surface area contributed by atoms with Crippen molar-refractivity contribution in [1.82, 2.24) is 4.90 Å². The van der Waals surface area contributed by atoms with Crippen molar-refractivity contribution in [3.8, 4) is 0 Å². The molecule has 0 aromatic heterocycles. The molecule has 2 rings (SSSR count). The highest BCUT2D eigenvalue weighted by atomic mass is 35.5. The number of ether oxygens (including phenoxy) is 1. The van der Waals surface area contributed by atoms with Crippen LogP contribution in [0.3, 0.4) is 0 Å². The molecule has 2 N–H and O–H groups in total. The van der Waals surface area contributed by atoms with Crippen LogP contribution >= 0.6 is 23.2 Å². The standard InChI is InChI=1S/C17H26Cl2N2O/c18-16-5-1-4-15(17(16)19)14-6-10-21(11-7-14)9-3-13-22-12-2-8-20/h1,4-5,14H,2-3,6-13,20H2. The van der Waals surface area contributed by atoms with Gasteiger partial charge in [-0.15, -0.1) is 0 Å². The summed E-state index contributed by atoms with van der Waals surface area (Å²) in [5.41, 5.74) is 6.64. The fraction of sp³-hybridized carbons (Fsp3) is 0.647. The molecule has 1 aromatic carbocycles. The molecule has 0 bridgehead atoms. The van der Waals surface area contributed by atoms with E-state index in [4.69, 9.17) is 33.7 Å². The smallest absolute Gasteiger partial charge is 0.0627 e. The van der Waals surface area contributed by atoms with Crippen molar-refractivity contribution in [2.45, 2.75) is 31.6 Å². The summed E-state index contributed by atoms with van der Waals surface area (Å²) in [6.45, 7) is 5.68. The number of likely N-dealkylation sites (tertiary alicyclic amines) is 1. The second-order valence-corrected chi connectivity index (χ2v) is 6.65. The first-order valence-electron chi connectivity index (χ1n) is 8.16. The number of hydrogen-bond acceptors (Lipinski definition) is 3. The zero-order chi connectivity index (χ0) is 15.8. The maximum atomic E-state index is 6.34. The molecule has 124 valence electrons. The minimum Gasteiger partial charge on any atom is -0.381 e. The van der Waals surface area contributed by atoms with Gasteiger partial charge >= 0.3 is 0 Å². The third-order valence-electron chi connectivity index (χ3n) is 4.26. The summed E-state index contributed by atoms with van der Waals surface area (Å²) in [7, 11) is 0. The quantitative estimate of drug-likeness (QED) is 0.726. The number of nitrogens with two attached hydrogens (primary N) is 1. The highest BCUT2D eigenvalue weighted by Crippen LogP contribution is 2.36. The molecule has 1 heterocycles. The second kappa shape index (κ2) is 9.74. The number of halogens is 2. The fourth-order valence-electron chi connectivity index (χ4n) is 2.98. The molecule has 1 aliphatic rings. The molecule has 0 saturated carbocycles. The summed E-state index contributed by atoms with van der Waals surface area (Å²) in [6.07, 6.45) is 4.33. The summed E-state index contributed by atoms with van der Waals surface area (Å²) in [5.74, 6) is 0.531. The Bertz CT molecular complexity index is 448. The zero-order valence-corrected chi connectivity index (χ0v) is 14.6. The Labute approximate surface area is 143 Å². The van der Waals surface area contributed by atoms with Gasteiger partial charge in [-0.05, 0) is 62.9 Å². The highest BCUT2D eigenvalue weighted by molar-refractivity contribution is 6.42. The Balaban J connectivity index is 1.68. The van der Waals surface area contributed by atoms with E-state index in [0.717, 1.165) is 63.6 Å². The monoisotopic (exact) mass is 344 g/mol. The van der Waals surface area contributed by atoms with Gasteiger partial charge in [0.1, 0.15) is 0 Å². The first-order chi connectivity index (χ1) is 10.7. The normalized spacial score (nSPS) is 17.0. The van der Waals surface area contributed by atoms with Crippen LogP contribution in [0.15, 0.2) is 18.2 Å². The van der Waals surface area contributed by atoms with E-state index in [2.05, 4.69) is 11.0 Å². The van der Waals surface area contributed by atoms with Gasteiger partial charge in [-0.25, -0.2) is 0 Å². The van der Waals surface area contributed by atoms with Crippen LogP contribution < -0.4 is 5.73 Å². The molecule has 0 unspecified atom stereocenters. The van der Waals surface area contributed by atoms with Gasteiger partial charge in [0.05, 0.1) is 10.0 Å². The summed E-state index contributed by atoms with van der Waals surface area (Å²) < 4.78 is 5.55. The maximum absolute atomic E-state index is 6.34. The zero-order valence-electron chi connectivity index (χ0n) is 13.1. The molecule has 0 radical (unpaired) electrons. The fourth-order valence-corrected chi connectivity index (χ4v) is 3.44. The lowest BCUT2D eigenvalue weighted by Gasteiger charge is -2.32. The number of rotatable bonds is 8. The predicted molar refractivity (Wildman–Crippen MR) is 94.0 cm³/mol. The van der Waals surface area contributed by atoms with Gasteiger partial charge in [0.2, 0.25) is 0 Å². The highest BCUT2D eigenvalue weighted by Gasteiger charge is 2.22. The molecule has 3 nitrogen and oxygen atoms in total. The lowest BCUT2D eigenvalue weighted by atomic mass is 9.89. The van der Waals surface area contributed by atoms with Crippen LogP contribution in [-0.4, -0.2) is 44.3 Å². The maximum Gasteiger partial charge on any atom is 0.0627 e. The Morgan fingerprint density at radius 2 is 1.86 bits per heavy atom. The van der Waals surface area contributed by atoms with Crippen molar-refractivity contribution < 1.29 is 4.74 Å². The van der Waals surface area contributed by atoms with Crippen LogP contribution in [0.1, 0.15) is 37.2 Å². The van der Waals surface area contributed by atoms with Gasteiger partial charge in [-0.2, -0.15) is 0 Å². The number of benzene rings is 1. The van der Waals surface area contributed by atoms with E-state index < -0.39 is 0 Å². The van der Waals surface area contributed by atoms with E-state index in [-0.39, 0.29) is 0 Å². The van der Waals surface area contributed by atoms with E-state index in [1.54, 1.807) is 0 Å². The van der Waals surface area contributed by atoms with Crippen molar-refractivity contribution in [2.75, 3.05) is 39.4 Å². The SMILES string of the molecule is NCCCOCCCN1CCC(c2cccc(Cl)c2Cl)CC1. The number of nitrogens with zero attached hydrogens (tertiary/aromatic N) is 1. The van der Waals surface area contributed by atoms with Crippen molar-refractivity contribution in [1.29, 1.82) is 0 Å². The van der Waals surface area contributed by atoms with Gasteiger partial charge in [0.25, 0.3) is 0 Å². The summed E-state index contributed by atoms with van der Waals surface area (Å²) >= 11 is 12.5. The third-order valence-corrected chi connectivity index (χ3v) is 5.10. The van der Waals surface area contributed by atoms with E-state index in [0.29, 0.717) is 17.5 Å². The van der Waals surface area contributed by atoms with Crippen molar-refractivity contribution in [3.05, 3.63) is 33.8 Å². The van der Waals surface area contributed by atoms with E-state index in [1.807, 2.05) is 12.1 Å². The first-order valence-corrected chi connectivity index (χ1v) is 8.92. The van der Waals surface area contributed by atoms with E-state index >= 15 is 0 Å². The average molecular weight is 345 g/mol. The van der Waals surface area contributed by atoms with Gasteiger partial charge < -0.3 is 15.4 Å². The van der Waals surface area contributed by atoms with Gasteiger partial charge in [0, 0.05) is 19.8 Å². The molecule has 5 heteroatoms. The summed E-state index contributed by atoms with van der Waals surface area (Å²) in [6, 6.07) is 5.96. The Hall–Kier alpha value is -0.320. The average Bonchev–Trinajstić information content (AvgIpc) is 2.54. The molecule has 1 aliphatic heterocycles. The molecule has 0 aliphatic carbocycles. The molecule has 22 heavy (non-hydrogen) atoms. The van der Waals surface area contributed by atoms with Crippen LogP contribution in [-0.2, 0) is 4.74 Å². The molecule has 1 fully saturated rings. The first kappa shape index (κ1) is 18.0. The minimum atomic E-state index is 0.531. The number of hydrogen-bond donors (Lipinski definition) is 1. The molecule has 1 aromatic rings. The van der Waals surface area contributed by atoms with Crippen molar-refractivity contribution in [3.63, 3.8) is 0 Å². The topological polar surface area (TPSA) is 38.5 Å². The predicted octanol–water partition coefficient (Wildman–Crippen LogP) is 3.93. The summed E-state index contributed by atoms with van der Waals surface area (Å²) in [5, 5.41) is 1.40. The van der Waals surface area contributed by atoms with Crippen molar-refractivity contribution >= 4 is 23.2 Å². The number of piperidine rings is 1. The summed E-state index contributed by atoms with van der Waals surface area (Å²) in [4.78, 5) is 2.52. The lowest BCUT2D eigenvalue weighted by molar-refractivity contribution is 0.114. The van der Waals surface area contributed by atoms with Crippen LogP contribution in [0.25, 0.3) is 0 Å². The molecule has 0 atom stereocenters. The van der Waals surface area contributed by atoms with E-state index in [1.165, 1.54) is 5.56 Å². The molecule has 1 saturated heterocycles. The largest absolute Gasteiger partial charge is 0.381 e. The second-order valence-electron chi connectivity index (χ2n) is 5.87. The van der Waals surface area contributed by atoms with Crippen LogP contribution in [0, 0.1) is 0 Å². The van der Waals surface area contributed by atoms with Gasteiger partial charge in [0.15, 0.2) is 0 Å². The Kier molecular flexibility index (Phi) is 7.98. The van der Waals surface area contributed by atoms with Crippen LogP contribution in [0.4, 0.5) is 0 Å². The third kappa shape index (κ3) is 5.39. The molecule has 0 amide bonds. The van der Waals surface area contributed by atoms with Crippen LogP contribution in [0.2, 0.25) is 10.0 Å². The van der Waals surface area contributed by atoms with Gasteiger partial charge in [-0.3, -0.25) is 0 Å². The van der Waals surface area contributed by atoms with E-state index in [9.17, 15) is 0 Å². The Morgan fingerprint density at radius 3 is 2.59 bits per heavy atom. The van der Waals surface area contributed by atoms with Crippen molar-refractivity contribution in [2.24, 2.45) is 5.73 Å². The lowest BCUT2D eigenvalue weighted by Crippen LogP contribution is -2.34. The molecular formula is C17H26Cl2N2O. The van der Waals surface area contributed by atoms with Gasteiger partial charge in [-0.1, -0.05) is 35.3 Å². The van der Waals surface area contributed by atoms with Crippen LogP contribution in [0.5, 0.6) is 0 Å². The minimum absolute atomic E-state index is 0.531. The molecule has 0 spiro atoms. The molecular weight excluding hydrogens is 319 g/mol.